The van der Waals surface area contributed by atoms with Crippen molar-refractivity contribution in [1.29, 1.82) is 0 Å². The number of halogens is 1. The zero-order valence-corrected chi connectivity index (χ0v) is 17.8. The molecular weight excluding hydrogens is 400 g/mol. The van der Waals surface area contributed by atoms with E-state index in [2.05, 4.69) is 4.98 Å². The number of carbonyl (C=O) groups excluding carboxylic acids is 1. The van der Waals surface area contributed by atoms with Crippen LogP contribution in [0, 0.1) is 0 Å². The second-order valence-corrected chi connectivity index (χ2v) is 8.03. The van der Waals surface area contributed by atoms with Gasteiger partial charge in [-0.15, -0.1) is 0 Å². The molecule has 1 aliphatic rings. The molecule has 4 rings (SSSR count). The molecular formula is C24H25ClN2O3. The fourth-order valence-corrected chi connectivity index (χ4v) is 4.16. The average molecular weight is 425 g/mol. The standard InChI is InChI=1S/C24H25ClN2O3/c1-29-20-9-5-7-18(13-20)15-23(28)27-11-3-2-10-22(27)24-26-16-21(30-24)14-17-6-4-8-19(25)12-17/h4-9,12-13,16,22H,2-3,10-11,14-15H2,1H3. The molecule has 0 N–H and O–H groups in total. The minimum Gasteiger partial charge on any atom is -0.497 e. The van der Waals surface area contributed by atoms with Gasteiger partial charge in [0.1, 0.15) is 17.6 Å². The molecule has 0 saturated carbocycles. The van der Waals surface area contributed by atoms with Crippen LogP contribution < -0.4 is 4.74 Å². The molecule has 1 fully saturated rings. The van der Waals surface area contributed by atoms with Crippen LogP contribution in [0.3, 0.4) is 0 Å². The second kappa shape index (κ2) is 9.35. The van der Waals surface area contributed by atoms with E-state index in [1.165, 1.54) is 0 Å². The van der Waals surface area contributed by atoms with Gasteiger partial charge in [-0.3, -0.25) is 4.79 Å². The van der Waals surface area contributed by atoms with Gasteiger partial charge in [-0.1, -0.05) is 35.9 Å². The molecule has 1 saturated heterocycles. The fraction of sp³-hybridized carbons (Fsp3) is 0.333. The van der Waals surface area contributed by atoms with Gasteiger partial charge in [0.05, 0.1) is 19.7 Å². The Bertz CT molecular complexity index is 1020. The Kier molecular flexibility index (Phi) is 6.38. The SMILES string of the molecule is COc1cccc(CC(=O)N2CCCCC2c2ncc(Cc3cccc(Cl)c3)o2)c1. The normalized spacial score (nSPS) is 16.5. The van der Waals surface area contributed by atoms with Crippen LogP contribution in [-0.2, 0) is 17.6 Å². The Morgan fingerprint density at radius 3 is 2.87 bits per heavy atom. The number of ether oxygens (including phenoxy) is 1. The first-order valence-corrected chi connectivity index (χ1v) is 10.6. The summed E-state index contributed by atoms with van der Waals surface area (Å²) in [6.45, 7) is 0.722. The average Bonchev–Trinajstić information content (AvgIpc) is 3.22. The number of aromatic nitrogens is 1. The first kappa shape index (κ1) is 20.5. The minimum absolute atomic E-state index is 0.0857. The number of methoxy groups -OCH3 is 1. The Morgan fingerprint density at radius 2 is 2.03 bits per heavy atom. The van der Waals surface area contributed by atoms with Gasteiger partial charge >= 0.3 is 0 Å². The van der Waals surface area contributed by atoms with E-state index in [9.17, 15) is 4.79 Å². The zero-order valence-electron chi connectivity index (χ0n) is 17.0. The van der Waals surface area contributed by atoms with Crippen molar-refractivity contribution in [1.82, 2.24) is 9.88 Å². The van der Waals surface area contributed by atoms with Crippen LogP contribution in [0.1, 0.15) is 48.1 Å². The molecule has 2 heterocycles. The summed E-state index contributed by atoms with van der Waals surface area (Å²) in [5.41, 5.74) is 2.01. The highest BCUT2D eigenvalue weighted by atomic mass is 35.5. The molecule has 1 atom stereocenters. The van der Waals surface area contributed by atoms with Crippen LogP contribution >= 0.6 is 11.6 Å². The first-order chi connectivity index (χ1) is 14.6. The summed E-state index contributed by atoms with van der Waals surface area (Å²) >= 11 is 6.08. The van der Waals surface area contributed by atoms with Crippen molar-refractivity contribution in [3.05, 3.63) is 82.5 Å². The Morgan fingerprint density at radius 1 is 1.20 bits per heavy atom. The van der Waals surface area contributed by atoms with E-state index < -0.39 is 0 Å². The number of oxazole rings is 1. The number of hydrogen-bond donors (Lipinski definition) is 0. The van der Waals surface area contributed by atoms with E-state index >= 15 is 0 Å². The van der Waals surface area contributed by atoms with Crippen molar-refractivity contribution in [2.24, 2.45) is 0 Å². The smallest absolute Gasteiger partial charge is 0.227 e. The summed E-state index contributed by atoms with van der Waals surface area (Å²) in [7, 11) is 1.63. The predicted octanol–water partition coefficient (Wildman–Crippen LogP) is 5.22. The Balaban J connectivity index is 1.48. The second-order valence-electron chi connectivity index (χ2n) is 7.60. The summed E-state index contributed by atoms with van der Waals surface area (Å²) in [6, 6.07) is 15.2. The van der Waals surface area contributed by atoms with Gasteiger partial charge < -0.3 is 14.1 Å². The molecule has 30 heavy (non-hydrogen) atoms. The van der Waals surface area contributed by atoms with Crippen LogP contribution in [0.2, 0.25) is 5.02 Å². The highest BCUT2D eigenvalue weighted by Crippen LogP contribution is 2.32. The van der Waals surface area contributed by atoms with Gasteiger partial charge in [-0.25, -0.2) is 4.98 Å². The predicted molar refractivity (Wildman–Crippen MR) is 116 cm³/mol. The minimum atomic E-state index is -0.120. The van der Waals surface area contributed by atoms with Gasteiger partial charge in [0.15, 0.2) is 0 Å². The lowest BCUT2D eigenvalue weighted by Crippen LogP contribution is -2.39. The number of benzene rings is 2. The van der Waals surface area contributed by atoms with Crippen molar-refractivity contribution in [2.45, 2.75) is 38.1 Å². The molecule has 6 heteroatoms. The van der Waals surface area contributed by atoms with E-state index in [-0.39, 0.29) is 11.9 Å². The lowest BCUT2D eigenvalue weighted by atomic mass is 10.0. The maximum atomic E-state index is 13.1. The van der Waals surface area contributed by atoms with Crippen molar-refractivity contribution in [3.63, 3.8) is 0 Å². The lowest BCUT2D eigenvalue weighted by Gasteiger charge is -2.34. The van der Waals surface area contributed by atoms with E-state index in [1.807, 2.05) is 53.4 Å². The van der Waals surface area contributed by atoms with Gasteiger partial charge in [-0.05, 0) is 54.7 Å². The molecule has 2 aromatic carbocycles. The van der Waals surface area contributed by atoms with Crippen molar-refractivity contribution < 1.29 is 13.9 Å². The Labute approximate surface area is 181 Å². The van der Waals surface area contributed by atoms with E-state index in [4.69, 9.17) is 20.8 Å². The summed E-state index contributed by atoms with van der Waals surface area (Å²) in [5, 5.41) is 0.703. The van der Waals surface area contributed by atoms with Crippen molar-refractivity contribution in [3.8, 4) is 5.75 Å². The number of rotatable bonds is 6. The third-order valence-corrected chi connectivity index (χ3v) is 5.67. The van der Waals surface area contributed by atoms with Crippen molar-refractivity contribution in [2.75, 3.05) is 13.7 Å². The van der Waals surface area contributed by atoms with E-state index in [0.717, 1.165) is 48.4 Å². The lowest BCUT2D eigenvalue weighted by molar-refractivity contribution is -0.134. The number of nitrogens with zero attached hydrogens (tertiary/aromatic N) is 2. The summed E-state index contributed by atoms with van der Waals surface area (Å²) in [6.07, 6.45) is 5.63. The van der Waals surface area contributed by atoms with Gasteiger partial charge in [0, 0.05) is 18.0 Å². The number of carbonyl (C=O) groups is 1. The monoisotopic (exact) mass is 424 g/mol. The third kappa shape index (κ3) is 4.85. The van der Waals surface area contributed by atoms with Crippen LogP contribution in [0.4, 0.5) is 0 Å². The molecule has 1 aromatic heterocycles. The number of likely N-dealkylation sites (tertiary alicyclic amines) is 1. The maximum Gasteiger partial charge on any atom is 0.227 e. The van der Waals surface area contributed by atoms with Crippen molar-refractivity contribution >= 4 is 17.5 Å². The molecule has 1 aliphatic heterocycles. The highest BCUT2D eigenvalue weighted by molar-refractivity contribution is 6.30. The third-order valence-electron chi connectivity index (χ3n) is 5.44. The first-order valence-electron chi connectivity index (χ1n) is 10.2. The number of hydrogen-bond acceptors (Lipinski definition) is 4. The molecule has 156 valence electrons. The summed E-state index contributed by atoms with van der Waals surface area (Å²) < 4.78 is 11.3. The van der Waals surface area contributed by atoms with Crippen LogP contribution in [0.5, 0.6) is 5.75 Å². The summed E-state index contributed by atoms with van der Waals surface area (Å²) in [4.78, 5) is 19.5. The van der Waals surface area contributed by atoms with E-state index in [0.29, 0.717) is 23.8 Å². The van der Waals surface area contributed by atoms with Gasteiger partial charge in [0.2, 0.25) is 11.8 Å². The molecule has 5 nitrogen and oxygen atoms in total. The van der Waals surface area contributed by atoms with Crippen LogP contribution in [-0.4, -0.2) is 29.4 Å². The largest absolute Gasteiger partial charge is 0.497 e. The quantitative estimate of drug-likeness (QED) is 0.544. The highest BCUT2D eigenvalue weighted by Gasteiger charge is 2.31. The van der Waals surface area contributed by atoms with E-state index in [1.54, 1.807) is 13.3 Å². The molecule has 0 radical (unpaired) electrons. The maximum absolute atomic E-state index is 13.1. The molecule has 0 spiro atoms. The Hall–Kier alpha value is -2.79. The summed E-state index contributed by atoms with van der Waals surface area (Å²) in [5.74, 6) is 2.24. The molecule has 1 unspecified atom stereocenters. The van der Waals surface area contributed by atoms with Crippen LogP contribution in [0.25, 0.3) is 0 Å². The topological polar surface area (TPSA) is 55.6 Å². The molecule has 0 aliphatic carbocycles. The fourth-order valence-electron chi connectivity index (χ4n) is 3.95. The molecule has 1 amide bonds. The van der Waals surface area contributed by atoms with Gasteiger partial charge in [-0.2, -0.15) is 0 Å². The molecule has 0 bridgehead atoms. The number of amides is 1. The molecule has 3 aromatic rings. The van der Waals surface area contributed by atoms with Crippen LogP contribution in [0.15, 0.2) is 59.1 Å². The number of piperidine rings is 1. The zero-order chi connectivity index (χ0) is 20.9. The van der Waals surface area contributed by atoms with Gasteiger partial charge in [0.25, 0.3) is 0 Å².